The van der Waals surface area contributed by atoms with Crippen LogP contribution in [0.15, 0.2) is 30.3 Å². The second kappa shape index (κ2) is 7.07. The molecule has 0 bridgehead atoms. The number of likely N-dealkylation sites (tertiary alicyclic amines) is 1. The molecule has 0 spiro atoms. The number of aromatic amines is 1. The van der Waals surface area contributed by atoms with E-state index >= 15 is 0 Å². The number of aromatic nitrogens is 5. The number of benzene rings is 1. The molecule has 2 fully saturated rings. The zero-order valence-corrected chi connectivity index (χ0v) is 18.0. The van der Waals surface area contributed by atoms with Crippen LogP contribution in [0.3, 0.4) is 0 Å². The van der Waals surface area contributed by atoms with E-state index in [4.69, 9.17) is 0 Å². The summed E-state index contributed by atoms with van der Waals surface area (Å²) < 4.78 is 2.18. The van der Waals surface area contributed by atoms with Gasteiger partial charge in [-0.15, -0.1) is 10.2 Å². The van der Waals surface area contributed by atoms with E-state index in [0.717, 1.165) is 42.5 Å². The highest BCUT2D eigenvalue weighted by molar-refractivity contribution is 5.92. The Labute approximate surface area is 176 Å². The fraction of sp³-hybridized carbons (Fsp3) is 0.478. The molecule has 30 heavy (non-hydrogen) atoms. The molecule has 3 aromatic rings. The third-order valence-electron chi connectivity index (χ3n) is 6.67. The maximum Gasteiger partial charge on any atom is 0.274 e. The molecular weight excluding hydrogens is 376 g/mol. The topological polar surface area (TPSA) is 79.7 Å². The Morgan fingerprint density at radius 3 is 2.47 bits per heavy atom. The minimum Gasteiger partial charge on any atom is -0.337 e. The van der Waals surface area contributed by atoms with Crippen molar-refractivity contribution in [3.63, 3.8) is 0 Å². The largest absolute Gasteiger partial charge is 0.337 e. The van der Waals surface area contributed by atoms with Crippen LogP contribution in [0.5, 0.6) is 0 Å². The number of amides is 1. The maximum atomic E-state index is 12.9. The average Bonchev–Trinajstić information content (AvgIpc) is 3.20. The number of nitrogens with one attached hydrogen (secondary N) is 1. The Morgan fingerprint density at radius 2 is 1.87 bits per heavy atom. The predicted octanol–water partition coefficient (Wildman–Crippen LogP) is 3.47. The zero-order chi connectivity index (χ0) is 21.0. The third-order valence-corrected chi connectivity index (χ3v) is 6.67. The number of H-pyrrole nitrogens is 1. The van der Waals surface area contributed by atoms with Gasteiger partial charge in [-0.3, -0.25) is 14.5 Å². The van der Waals surface area contributed by atoms with Crippen molar-refractivity contribution in [2.45, 2.75) is 46.0 Å². The molecule has 1 saturated carbocycles. The van der Waals surface area contributed by atoms with Gasteiger partial charge in [0.15, 0.2) is 0 Å². The molecule has 7 nitrogen and oxygen atoms in total. The number of rotatable bonds is 5. The van der Waals surface area contributed by atoms with Gasteiger partial charge in [0.2, 0.25) is 0 Å². The third kappa shape index (κ3) is 3.04. The Balaban J connectivity index is 1.31. The number of fused-ring (bicyclic) bond motifs is 1. The van der Waals surface area contributed by atoms with Crippen LogP contribution in [-0.4, -0.2) is 48.9 Å². The highest BCUT2D eigenvalue weighted by atomic mass is 16.2. The summed E-state index contributed by atoms with van der Waals surface area (Å²) in [4.78, 5) is 14.8. The first-order valence-electron chi connectivity index (χ1n) is 10.8. The Hall–Kier alpha value is -2.96. The van der Waals surface area contributed by atoms with E-state index in [9.17, 15) is 4.79 Å². The summed E-state index contributed by atoms with van der Waals surface area (Å²) in [5.41, 5.74) is 3.95. The average molecular weight is 405 g/mol. The number of nitrogens with zero attached hydrogens (tertiary/aromatic N) is 5. The number of carbonyl (C=O) groups excluding carboxylic acids is 1. The highest BCUT2D eigenvalue weighted by Gasteiger charge is 2.59. The fourth-order valence-electron chi connectivity index (χ4n) is 4.77. The van der Waals surface area contributed by atoms with E-state index in [-0.39, 0.29) is 5.91 Å². The van der Waals surface area contributed by atoms with Crippen LogP contribution >= 0.6 is 0 Å². The van der Waals surface area contributed by atoms with Crippen molar-refractivity contribution < 1.29 is 4.79 Å². The lowest BCUT2D eigenvalue weighted by atomic mass is 10.1. The number of hydrogen-bond donors (Lipinski definition) is 1. The first-order valence-corrected chi connectivity index (χ1v) is 10.8. The van der Waals surface area contributed by atoms with Crippen molar-refractivity contribution in [3.8, 4) is 5.69 Å². The van der Waals surface area contributed by atoms with Gasteiger partial charge < -0.3 is 4.90 Å². The van der Waals surface area contributed by atoms with Crippen LogP contribution in [0, 0.1) is 18.8 Å². The molecule has 5 rings (SSSR count). The summed E-state index contributed by atoms with van der Waals surface area (Å²) in [6.45, 7) is 9.87. The van der Waals surface area contributed by atoms with Crippen LogP contribution in [0.25, 0.3) is 5.69 Å². The summed E-state index contributed by atoms with van der Waals surface area (Å²) in [6.07, 6.45) is 1.03. The maximum absolute atomic E-state index is 12.9. The molecule has 1 aliphatic heterocycles. The monoisotopic (exact) mass is 404 g/mol. The number of aryl methyl sites for hydroxylation is 2. The molecule has 2 aromatic heterocycles. The van der Waals surface area contributed by atoms with Crippen molar-refractivity contribution >= 4 is 5.91 Å². The van der Waals surface area contributed by atoms with Crippen LogP contribution in [0.4, 0.5) is 0 Å². The Kier molecular flexibility index (Phi) is 4.49. The lowest BCUT2D eigenvalue weighted by Crippen LogP contribution is -2.31. The first kappa shape index (κ1) is 19.0. The first-order chi connectivity index (χ1) is 14.5. The lowest BCUT2D eigenvalue weighted by molar-refractivity contribution is 0.0766. The number of piperidine rings is 1. The quantitative estimate of drug-likeness (QED) is 0.706. The lowest BCUT2D eigenvalue weighted by Gasteiger charge is -2.19. The minimum absolute atomic E-state index is 0.0249. The van der Waals surface area contributed by atoms with Gasteiger partial charge in [-0.1, -0.05) is 32.9 Å². The van der Waals surface area contributed by atoms with E-state index < -0.39 is 0 Å². The van der Waals surface area contributed by atoms with Crippen molar-refractivity contribution in [1.82, 2.24) is 29.9 Å². The molecule has 1 unspecified atom stereocenters. The van der Waals surface area contributed by atoms with E-state index in [2.05, 4.69) is 70.0 Å². The molecule has 1 aliphatic carbocycles. The van der Waals surface area contributed by atoms with Crippen LogP contribution in [0.1, 0.15) is 66.0 Å². The molecule has 2 aliphatic rings. The van der Waals surface area contributed by atoms with Gasteiger partial charge in [-0.05, 0) is 54.9 Å². The standard InChI is InChI=1S/C23H28N6O/c1-5-15-6-8-16(9-7-15)29-14(4)24-27-22(29)21-17-11-28(12-18(17)21)23(30)20-10-19(13(2)3)25-26-20/h6-10,13,17-18,21H,5,11-12H2,1-4H3,(H,25,26)/t17-,18+,21?. The predicted molar refractivity (Wildman–Crippen MR) is 114 cm³/mol. The van der Waals surface area contributed by atoms with Gasteiger partial charge in [-0.2, -0.15) is 5.10 Å². The van der Waals surface area contributed by atoms with Crippen molar-refractivity contribution in [3.05, 3.63) is 58.9 Å². The fourth-order valence-corrected chi connectivity index (χ4v) is 4.77. The number of carbonyl (C=O) groups is 1. The zero-order valence-electron chi connectivity index (χ0n) is 18.0. The SMILES string of the molecule is CCc1ccc(-n2c(C)nnc2C2[C@H]3CN(C(=O)c4cc(C(C)C)[nH]n4)C[C@@H]23)cc1. The molecule has 0 radical (unpaired) electrons. The Bertz CT molecular complexity index is 1070. The minimum atomic E-state index is 0.0249. The van der Waals surface area contributed by atoms with E-state index in [1.54, 1.807) is 0 Å². The van der Waals surface area contributed by atoms with Crippen LogP contribution in [0.2, 0.25) is 0 Å². The number of hydrogen-bond acceptors (Lipinski definition) is 4. The summed E-state index contributed by atoms with van der Waals surface area (Å²) in [5.74, 6) is 3.56. The summed E-state index contributed by atoms with van der Waals surface area (Å²) in [6, 6.07) is 10.5. The van der Waals surface area contributed by atoms with Crippen LogP contribution in [-0.2, 0) is 6.42 Å². The second-order valence-electron chi connectivity index (χ2n) is 8.89. The van der Waals surface area contributed by atoms with E-state index in [0.29, 0.717) is 29.4 Å². The molecule has 1 saturated heterocycles. The van der Waals surface area contributed by atoms with Gasteiger partial charge in [0.1, 0.15) is 17.3 Å². The smallest absolute Gasteiger partial charge is 0.274 e. The molecule has 3 heterocycles. The van der Waals surface area contributed by atoms with Crippen molar-refractivity contribution in [2.24, 2.45) is 11.8 Å². The van der Waals surface area contributed by atoms with Gasteiger partial charge >= 0.3 is 0 Å². The van der Waals surface area contributed by atoms with Gasteiger partial charge in [0.25, 0.3) is 5.91 Å². The summed E-state index contributed by atoms with van der Waals surface area (Å²) in [5, 5.41) is 16.1. The molecule has 3 atom stereocenters. The van der Waals surface area contributed by atoms with Crippen molar-refractivity contribution in [1.29, 1.82) is 0 Å². The van der Waals surface area contributed by atoms with Gasteiger partial charge in [0.05, 0.1) is 0 Å². The second-order valence-corrected chi connectivity index (χ2v) is 8.89. The Morgan fingerprint density at radius 1 is 1.17 bits per heavy atom. The van der Waals surface area contributed by atoms with E-state index in [1.807, 2.05) is 17.9 Å². The summed E-state index contributed by atoms with van der Waals surface area (Å²) in [7, 11) is 0. The summed E-state index contributed by atoms with van der Waals surface area (Å²) >= 11 is 0. The normalized spacial score (nSPS) is 22.6. The van der Waals surface area contributed by atoms with Gasteiger partial charge in [-0.25, -0.2) is 0 Å². The van der Waals surface area contributed by atoms with Crippen molar-refractivity contribution in [2.75, 3.05) is 13.1 Å². The molecule has 1 amide bonds. The van der Waals surface area contributed by atoms with E-state index in [1.165, 1.54) is 5.56 Å². The van der Waals surface area contributed by atoms with Crippen LogP contribution < -0.4 is 0 Å². The molecule has 156 valence electrons. The van der Waals surface area contributed by atoms with Gasteiger partial charge in [0, 0.05) is 30.4 Å². The highest BCUT2D eigenvalue weighted by Crippen LogP contribution is 2.58. The molecule has 1 aromatic carbocycles. The molecular formula is C23H28N6O. The molecule has 1 N–H and O–H groups in total. The molecule has 7 heteroatoms.